The molecule has 2 fully saturated rings. The van der Waals surface area contributed by atoms with Crippen LogP contribution < -0.4 is 20.4 Å². The molecule has 25 heavy (non-hydrogen) atoms. The minimum absolute atomic E-state index is 0.237. The van der Waals surface area contributed by atoms with Gasteiger partial charge in [0.05, 0.1) is 31.6 Å². The topological polar surface area (TPSA) is 66.1 Å². The highest BCUT2D eigenvalue weighted by molar-refractivity contribution is 7.80. The first-order valence-corrected chi connectivity index (χ1v) is 8.54. The summed E-state index contributed by atoms with van der Waals surface area (Å²) in [6, 6.07) is 4.85. The standard InChI is InChI=1S/C16H21FN4O3S/c1-23-15(25)19-9-12-10-21(16(22)24-12)11-2-3-14(13(17)8-11)20-6-4-18-5-7-20/h2-3,8,12,18H,4-7,9-10H2,1H3,(H,19,25)/t12-/m0/s1. The molecule has 2 heterocycles. The van der Waals surface area contributed by atoms with Crippen LogP contribution in [0.15, 0.2) is 18.2 Å². The van der Waals surface area contributed by atoms with Gasteiger partial charge in [0.25, 0.3) is 5.17 Å². The molecule has 1 atom stereocenters. The van der Waals surface area contributed by atoms with E-state index < -0.39 is 6.09 Å². The number of benzene rings is 1. The maximum absolute atomic E-state index is 14.5. The highest BCUT2D eigenvalue weighted by Gasteiger charge is 2.33. The quantitative estimate of drug-likeness (QED) is 0.771. The first kappa shape index (κ1) is 17.7. The van der Waals surface area contributed by atoms with Crippen molar-refractivity contribution in [2.75, 3.05) is 56.2 Å². The molecular formula is C16H21FN4O3S. The number of cyclic esters (lactones) is 1. The number of methoxy groups -OCH3 is 1. The van der Waals surface area contributed by atoms with Crippen molar-refractivity contribution in [3.63, 3.8) is 0 Å². The number of ether oxygens (including phenoxy) is 2. The smallest absolute Gasteiger partial charge is 0.414 e. The van der Waals surface area contributed by atoms with Crippen molar-refractivity contribution in [1.82, 2.24) is 10.6 Å². The SMILES string of the molecule is COC(=S)NC[C@H]1CN(c2ccc(N3CCNCC3)c(F)c2)C(=O)O1. The number of thiocarbonyl (C=S) groups is 1. The second-order valence-corrected chi connectivity index (χ2v) is 6.23. The van der Waals surface area contributed by atoms with Crippen molar-refractivity contribution < 1.29 is 18.7 Å². The third-order valence-electron chi connectivity index (χ3n) is 4.23. The monoisotopic (exact) mass is 368 g/mol. The Balaban J connectivity index is 1.66. The van der Waals surface area contributed by atoms with Crippen molar-refractivity contribution in [2.24, 2.45) is 0 Å². The number of rotatable bonds is 4. The number of piperazine rings is 1. The molecule has 0 bridgehead atoms. The van der Waals surface area contributed by atoms with Gasteiger partial charge in [0.1, 0.15) is 11.9 Å². The summed E-state index contributed by atoms with van der Waals surface area (Å²) in [7, 11) is 1.46. The van der Waals surface area contributed by atoms with E-state index in [0.717, 1.165) is 26.2 Å². The Labute approximate surface area is 151 Å². The second-order valence-electron chi connectivity index (χ2n) is 5.86. The summed E-state index contributed by atoms with van der Waals surface area (Å²) in [5.74, 6) is -0.339. The Morgan fingerprint density at radius 1 is 1.48 bits per heavy atom. The molecule has 2 aliphatic rings. The zero-order valence-corrected chi connectivity index (χ0v) is 14.8. The lowest BCUT2D eigenvalue weighted by atomic mass is 10.2. The van der Waals surface area contributed by atoms with Gasteiger partial charge in [0, 0.05) is 26.2 Å². The van der Waals surface area contributed by atoms with Crippen molar-refractivity contribution >= 4 is 34.9 Å². The van der Waals surface area contributed by atoms with Crippen LogP contribution in [0.4, 0.5) is 20.6 Å². The summed E-state index contributed by atoms with van der Waals surface area (Å²) in [6.45, 7) is 3.85. The maximum Gasteiger partial charge on any atom is 0.414 e. The lowest BCUT2D eigenvalue weighted by Crippen LogP contribution is -2.43. The molecule has 1 aromatic rings. The van der Waals surface area contributed by atoms with Crippen LogP contribution in [0.1, 0.15) is 0 Å². The van der Waals surface area contributed by atoms with E-state index in [1.54, 1.807) is 12.1 Å². The number of carbonyl (C=O) groups excluding carboxylic acids is 1. The Bertz CT molecular complexity index is 654. The molecule has 0 spiro atoms. The summed E-state index contributed by atoms with van der Waals surface area (Å²) in [6.07, 6.45) is -0.874. The third-order valence-corrected chi connectivity index (χ3v) is 4.55. The Hall–Kier alpha value is -2.13. The summed E-state index contributed by atoms with van der Waals surface area (Å²) in [5.41, 5.74) is 1.04. The Kier molecular flexibility index (Phi) is 5.54. The van der Waals surface area contributed by atoms with E-state index in [1.165, 1.54) is 18.1 Å². The normalized spacial score (nSPS) is 20.4. The largest absolute Gasteiger partial charge is 0.474 e. The van der Waals surface area contributed by atoms with Gasteiger partial charge in [-0.1, -0.05) is 0 Å². The molecule has 2 aliphatic heterocycles. The molecule has 1 amide bonds. The molecule has 0 saturated carbocycles. The molecule has 136 valence electrons. The predicted octanol–water partition coefficient (Wildman–Crippen LogP) is 1.08. The fourth-order valence-electron chi connectivity index (χ4n) is 2.93. The van der Waals surface area contributed by atoms with E-state index in [1.807, 2.05) is 4.90 Å². The number of nitrogens with zero attached hydrogens (tertiary/aromatic N) is 2. The van der Waals surface area contributed by atoms with Crippen LogP contribution >= 0.6 is 12.2 Å². The van der Waals surface area contributed by atoms with Gasteiger partial charge in [-0.3, -0.25) is 4.90 Å². The van der Waals surface area contributed by atoms with Gasteiger partial charge in [-0.15, -0.1) is 0 Å². The van der Waals surface area contributed by atoms with Crippen LogP contribution in [-0.2, 0) is 9.47 Å². The van der Waals surface area contributed by atoms with E-state index in [9.17, 15) is 9.18 Å². The molecule has 2 saturated heterocycles. The number of amides is 1. The second kappa shape index (κ2) is 7.83. The zero-order valence-electron chi connectivity index (χ0n) is 14.0. The summed E-state index contributed by atoms with van der Waals surface area (Å²) < 4.78 is 24.6. The van der Waals surface area contributed by atoms with E-state index in [4.69, 9.17) is 21.7 Å². The Morgan fingerprint density at radius 2 is 2.24 bits per heavy atom. The van der Waals surface area contributed by atoms with E-state index in [-0.39, 0.29) is 17.1 Å². The first-order chi connectivity index (χ1) is 12.1. The molecule has 9 heteroatoms. The van der Waals surface area contributed by atoms with Crippen molar-refractivity contribution in [3.05, 3.63) is 24.0 Å². The van der Waals surface area contributed by atoms with Crippen LogP contribution in [0.2, 0.25) is 0 Å². The number of anilines is 2. The van der Waals surface area contributed by atoms with Gasteiger partial charge in [-0.25, -0.2) is 9.18 Å². The lowest BCUT2D eigenvalue weighted by molar-refractivity contribution is 0.142. The van der Waals surface area contributed by atoms with Crippen LogP contribution in [0.3, 0.4) is 0 Å². The van der Waals surface area contributed by atoms with E-state index in [2.05, 4.69) is 10.6 Å². The van der Waals surface area contributed by atoms with Gasteiger partial charge >= 0.3 is 6.09 Å². The number of halogens is 1. The van der Waals surface area contributed by atoms with E-state index >= 15 is 0 Å². The van der Waals surface area contributed by atoms with Gasteiger partial charge in [-0.2, -0.15) is 0 Å². The van der Waals surface area contributed by atoms with Crippen LogP contribution in [0, 0.1) is 5.82 Å². The summed E-state index contributed by atoms with van der Waals surface area (Å²) >= 11 is 4.89. The molecule has 2 N–H and O–H groups in total. The number of nitrogens with one attached hydrogen (secondary N) is 2. The first-order valence-electron chi connectivity index (χ1n) is 8.13. The van der Waals surface area contributed by atoms with E-state index in [0.29, 0.717) is 24.5 Å². The predicted molar refractivity (Wildman–Crippen MR) is 96.7 cm³/mol. The number of hydrogen-bond donors (Lipinski definition) is 2. The number of carbonyl (C=O) groups is 1. The van der Waals surface area contributed by atoms with Crippen molar-refractivity contribution in [1.29, 1.82) is 0 Å². The number of hydrogen-bond acceptors (Lipinski definition) is 6. The minimum atomic E-state index is -0.496. The lowest BCUT2D eigenvalue weighted by Gasteiger charge is -2.30. The molecular weight excluding hydrogens is 347 g/mol. The molecule has 0 aromatic heterocycles. The van der Waals surface area contributed by atoms with Crippen LogP contribution in [-0.4, -0.2) is 63.8 Å². The average molecular weight is 368 g/mol. The molecule has 0 aliphatic carbocycles. The fourth-order valence-corrected chi connectivity index (χ4v) is 3.02. The molecule has 0 radical (unpaired) electrons. The molecule has 3 rings (SSSR count). The third kappa shape index (κ3) is 4.10. The van der Waals surface area contributed by atoms with Crippen LogP contribution in [0.25, 0.3) is 0 Å². The van der Waals surface area contributed by atoms with Crippen LogP contribution in [0.5, 0.6) is 0 Å². The van der Waals surface area contributed by atoms with Crippen molar-refractivity contribution in [3.8, 4) is 0 Å². The van der Waals surface area contributed by atoms with Gasteiger partial charge in [0.15, 0.2) is 0 Å². The Morgan fingerprint density at radius 3 is 2.92 bits per heavy atom. The zero-order chi connectivity index (χ0) is 17.8. The van der Waals surface area contributed by atoms with Gasteiger partial charge in [0.2, 0.25) is 0 Å². The fraction of sp³-hybridized carbons (Fsp3) is 0.500. The highest BCUT2D eigenvalue weighted by atomic mass is 32.1. The minimum Gasteiger partial charge on any atom is -0.474 e. The highest BCUT2D eigenvalue weighted by Crippen LogP contribution is 2.28. The molecule has 7 nitrogen and oxygen atoms in total. The summed E-state index contributed by atoms with van der Waals surface area (Å²) in [4.78, 5) is 15.5. The molecule has 1 aromatic carbocycles. The average Bonchev–Trinajstić information content (AvgIpc) is 3.01. The maximum atomic E-state index is 14.5. The van der Waals surface area contributed by atoms with Gasteiger partial charge < -0.3 is 25.0 Å². The van der Waals surface area contributed by atoms with Crippen molar-refractivity contribution in [2.45, 2.75) is 6.10 Å². The molecule has 0 unspecified atom stereocenters. The van der Waals surface area contributed by atoms with Gasteiger partial charge in [-0.05, 0) is 30.4 Å². The summed E-state index contributed by atoms with van der Waals surface area (Å²) in [5, 5.41) is 6.32.